The minimum absolute atomic E-state index is 0.0621. The van der Waals surface area contributed by atoms with Gasteiger partial charge in [0.05, 0.1) is 11.6 Å². The lowest BCUT2D eigenvalue weighted by Gasteiger charge is -2.15. The number of rotatable bonds is 4. The fraction of sp³-hybridized carbons (Fsp3) is 0.357. The number of alkyl halides is 3. The average molecular weight is 326 g/mol. The topological polar surface area (TPSA) is 61.6 Å². The van der Waals surface area contributed by atoms with E-state index in [1.165, 1.54) is 11.3 Å². The molecule has 0 amide bonds. The van der Waals surface area contributed by atoms with Gasteiger partial charge in [0.25, 0.3) is 0 Å². The summed E-state index contributed by atoms with van der Waals surface area (Å²) >= 11 is 1.48. The van der Waals surface area contributed by atoms with E-state index in [1.54, 1.807) is 13.1 Å². The number of hydrogen-bond acceptors (Lipinski definition) is 5. The van der Waals surface area contributed by atoms with E-state index in [9.17, 15) is 13.2 Å². The summed E-state index contributed by atoms with van der Waals surface area (Å²) in [6.45, 7) is 3.76. The first-order valence-electron chi connectivity index (χ1n) is 6.54. The van der Waals surface area contributed by atoms with E-state index >= 15 is 0 Å². The average Bonchev–Trinajstić information content (AvgIpc) is 2.95. The summed E-state index contributed by atoms with van der Waals surface area (Å²) in [6, 6.07) is 3.41. The minimum Gasteiger partial charge on any atom is -0.360 e. The van der Waals surface area contributed by atoms with Gasteiger partial charge < -0.3 is 5.32 Å². The molecule has 4 nitrogen and oxygen atoms in total. The van der Waals surface area contributed by atoms with Gasteiger partial charge in [-0.3, -0.25) is 0 Å². The van der Waals surface area contributed by atoms with Gasteiger partial charge in [0.2, 0.25) is 0 Å². The van der Waals surface area contributed by atoms with Crippen molar-refractivity contribution in [3.63, 3.8) is 0 Å². The lowest BCUT2D eigenvalue weighted by Crippen LogP contribution is -2.13. The van der Waals surface area contributed by atoms with Gasteiger partial charge in [-0.15, -0.1) is 11.3 Å². The summed E-state index contributed by atoms with van der Waals surface area (Å²) in [4.78, 5) is 8.84. The third kappa shape index (κ3) is 3.54. The third-order valence-electron chi connectivity index (χ3n) is 2.95. The van der Waals surface area contributed by atoms with E-state index in [4.69, 9.17) is 5.26 Å². The number of nitrogens with zero attached hydrogens (tertiary/aromatic N) is 3. The molecule has 0 aliphatic carbocycles. The molecule has 2 rings (SSSR count). The first-order chi connectivity index (χ1) is 10.3. The standard InChI is InChI=1S/C14H13F3N4S/c1-3-10-7-19-13(22-10)8(2)20-12-9(6-18)4-5-11(21-12)14(15,16)17/h4-5,7-8H,3H2,1-2H3,(H,20,21). The summed E-state index contributed by atoms with van der Waals surface area (Å²) < 4.78 is 38.2. The lowest BCUT2D eigenvalue weighted by molar-refractivity contribution is -0.141. The van der Waals surface area contributed by atoms with Gasteiger partial charge >= 0.3 is 6.18 Å². The van der Waals surface area contributed by atoms with Crippen molar-refractivity contribution in [2.45, 2.75) is 32.5 Å². The number of nitriles is 1. The van der Waals surface area contributed by atoms with E-state index in [0.717, 1.165) is 28.4 Å². The quantitative estimate of drug-likeness (QED) is 0.916. The van der Waals surface area contributed by atoms with E-state index in [-0.39, 0.29) is 17.4 Å². The van der Waals surface area contributed by atoms with Crippen LogP contribution in [0.1, 0.15) is 41.0 Å². The van der Waals surface area contributed by atoms with Gasteiger partial charge in [-0.25, -0.2) is 9.97 Å². The smallest absolute Gasteiger partial charge is 0.360 e. The van der Waals surface area contributed by atoms with Crippen molar-refractivity contribution in [2.75, 3.05) is 5.32 Å². The molecular formula is C14H13F3N4S. The maximum Gasteiger partial charge on any atom is 0.433 e. The molecule has 0 bridgehead atoms. The summed E-state index contributed by atoms with van der Waals surface area (Å²) in [5, 5.41) is 12.6. The number of halogens is 3. The molecule has 0 radical (unpaired) electrons. The highest BCUT2D eigenvalue weighted by Crippen LogP contribution is 2.31. The normalized spacial score (nSPS) is 12.7. The number of pyridine rings is 1. The molecule has 2 aromatic rings. The molecule has 1 unspecified atom stereocenters. The van der Waals surface area contributed by atoms with Crippen LogP contribution in [-0.4, -0.2) is 9.97 Å². The Labute approximate surface area is 129 Å². The maximum atomic E-state index is 12.7. The number of hydrogen-bond donors (Lipinski definition) is 1. The molecular weight excluding hydrogens is 313 g/mol. The second kappa shape index (κ2) is 6.32. The largest absolute Gasteiger partial charge is 0.433 e. The molecule has 0 aliphatic heterocycles. The number of aryl methyl sites for hydroxylation is 1. The van der Waals surface area contributed by atoms with Crippen molar-refractivity contribution < 1.29 is 13.2 Å². The van der Waals surface area contributed by atoms with Crippen molar-refractivity contribution in [1.82, 2.24) is 9.97 Å². The number of thiazole rings is 1. The first-order valence-corrected chi connectivity index (χ1v) is 7.36. The molecule has 1 atom stereocenters. The van der Waals surface area contributed by atoms with Gasteiger partial charge in [-0.2, -0.15) is 18.4 Å². The highest BCUT2D eigenvalue weighted by Gasteiger charge is 2.33. The summed E-state index contributed by atoms with van der Waals surface area (Å²) in [5.41, 5.74) is -0.971. The highest BCUT2D eigenvalue weighted by atomic mass is 32.1. The summed E-state index contributed by atoms with van der Waals surface area (Å²) in [5.74, 6) is -0.0851. The Hall–Kier alpha value is -2.14. The molecule has 0 saturated carbocycles. The van der Waals surface area contributed by atoms with Crippen LogP contribution >= 0.6 is 11.3 Å². The zero-order chi connectivity index (χ0) is 16.3. The fourth-order valence-electron chi connectivity index (χ4n) is 1.77. The van der Waals surface area contributed by atoms with Crippen LogP contribution in [0, 0.1) is 11.3 Å². The van der Waals surface area contributed by atoms with Gasteiger partial charge in [0.15, 0.2) is 0 Å². The van der Waals surface area contributed by atoms with Crippen molar-refractivity contribution in [2.24, 2.45) is 0 Å². The second-order valence-corrected chi connectivity index (χ2v) is 5.73. The van der Waals surface area contributed by atoms with Crippen molar-refractivity contribution >= 4 is 17.2 Å². The van der Waals surface area contributed by atoms with Crippen molar-refractivity contribution in [3.8, 4) is 6.07 Å². The second-order valence-electron chi connectivity index (χ2n) is 4.59. The van der Waals surface area contributed by atoms with Gasteiger partial charge in [0, 0.05) is 11.1 Å². The molecule has 0 aliphatic rings. The van der Waals surface area contributed by atoms with E-state index in [1.807, 2.05) is 13.0 Å². The molecule has 8 heteroatoms. The Balaban J connectivity index is 2.29. The highest BCUT2D eigenvalue weighted by molar-refractivity contribution is 7.11. The zero-order valence-electron chi connectivity index (χ0n) is 11.9. The van der Waals surface area contributed by atoms with Crippen LogP contribution in [0.3, 0.4) is 0 Å². The van der Waals surface area contributed by atoms with Gasteiger partial charge in [-0.05, 0) is 25.5 Å². The zero-order valence-corrected chi connectivity index (χ0v) is 12.7. The maximum absolute atomic E-state index is 12.7. The Morgan fingerprint density at radius 2 is 2.14 bits per heavy atom. The van der Waals surface area contributed by atoms with Crippen molar-refractivity contribution in [3.05, 3.63) is 39.5 Å². The van der Waals surface area contributed by atoms with Crippen LogP contribution < -0.4 is 5.32 Å². The number of nitrogens with one attached hydrogen (secondary N) is 1. The van der Waals surface area contributed by atoms with Crippen LogP contribution in [0.5, 0.6) is 0 Å². The number of anilines is 1. The van der Waals surface area contributed by atoms with E-state index in [0.29, 0.717) is 0 Å². The number of aromatic nitrogens is 2. The molecule has 0 spiro atoms. The van der Waals surface area contributed by atoms with E-state index in [2.05, 4.69) is 15.3 Å². The third-order valence-corrected chi connectivity index (χ3v) is 4.27. The van der Waals surface area contributed by atoms with Crippen LogP contribution in [0.4, 0.5) is 19.0 Å². The Morgan fingerprint density at radius 1 is 1.41 bits per heavy atom. The van der Waals surface area contributed by atoms with Gasteiger partial charge in [-0.1, -0.05) is 6.92 Å². The molecule has 116 valence electrons. The lowest BCUT2D eigenvalue weighted by atomic mass is 10.2. The predicted molar refractivity (Wildman–Crippen MR) is 77.5 cm³/mol. The Bertz CT molecular complexity index is 703. The molecule has 22 heavy (non-hydrogen) atoms. The molecule has 0 aromatic carbocycles. The summed E-state index contributed by atoms with van der Waals surface area (Å²) in [6.07, 6.45) is -1.97. The van der Waals surface area contributed by atoms with E-state index < -0.39 is 11.9 Å². The molecule has 2 aromatic heterocycles. The van der Waals surface area contributed by atoms with Crippen molar-refractivity contribution in [1.29, 1.82) is 5.26 Å². The molecule has 0 fully saturated rings. The minimum atomic E-state index is -4.55. The fourth-order valence-corrected chi connectivity index (χ4v) is 2.63. The Morgan fingerprint density at radius 3 is 2.68 bits per heavy atom. The Kier molecular flexibility index (Phi) is 4.66. The molecule has 1 N–H and O–H groups in total. The predicted octanol–water partition coefficient (Wildman–Crippen LogP) is 4.16. The van der Waals surface area contributed by atoms with Crippen LogP contribution in [0.25, 0.3) is 0 Å². The molecule has 2 heterocycles. The first kappa shape index (κ1) is 16.2. The SMILES string of the molecule is CCc1cnc(C(C)Nc2nc(C(F)(F)F)ccc2C#N)s1. The van der Waals surface area contributed by atoms with Gasteiger partial charge in [0.1, 0.15) is 22.6 Å². The van der Waals surface area contributed by atoms with Crippen LogP contribution in [-0.2, 0) is 12.6 Å². The monoisotopic (exact) mass is 326 g/mol. The summed E-state index contributed by atoms with van der Waals surface area (Å²) in [7, 11) is 0. The van der Waals surface area contributed by atoms with Crippen LogP contribution in [0.2, 0.25) is 0 Å². The molecule has 0 saturated heterocycles. The van der Waals surface area contributed by atoms with Crippen LogP contribution in [0.15, 0.2) is 18.3 Å².